The number of nitrogens with one attached hydrogen (secondary N) is 1. The van der Waals surface area contributed by atoms with Gasteiger partial charge in [-0.25, -0.2) is 8.42 Å². The van der Waals surface area contributed by atoms with Gasteiger partial charge in [-0.15, -0.1) is 0 Å². The highest BCUT2D eigenvalue weighted by Gasteiger charge is 2.35. The van der Waals surface area contributed by atoms with E-state index < -0.39 is 20.6 Å². The van der Waals surface area contributed by atoms with Crippen molar-refractivity contribution >= 4 is 38.9 Å². The Hall–Kier alpha value is -2.49. The molecule has 0 atom stereocenters. The standard InChI is InChI=1S/C18H18ClN3O5S/c19-14-5-1-2-6-15(14)20-18(23)13-9-11-21(12-10-13)28(26,27)17-8-4-3-7-16(17)22(24)25/h1-8,13H,9-12H2,(H,20,23). The second kappa shape index (κ2) is 8.26. The Labute approximate surface area is 167 Å². The molecule has 0 spiro atoms. The zero-order valence-electron chi connectivity index (χ0n) is 14.7. The molecule has 1 heterocycles. The molecule has 0 radical (unpaired) electrons. The molecular formula is C18H18ClN3O5S. The largest absolute Gasteiger partial charge is 0.325 e. The van der Waals surface area contributed by atoms with Crippen molar-refractivity contribution in [1.82, 2.24) is 4.31 Å². The number of benzene rings is 2. The molecule has 0 aromatic heterocycles. The number of nitrogens with zero attached hydrogens (tertiary/aromatic N) is 2. The van der Waals surface area contributed by atoms with Gasteiger partial charge in [-0.2, -0.15) is 4.31 Å². The van der Waals surface area contributed by atoms with E-state index in [-0.39, 0.29) is 29.8 Å². The van der Waals surface area contributed by atoms with Crippen LogP contribution in [0.5, 0.6) is 0 Å². The summed E-state index contributed by atoms with van der Waals surface area (Å²) in [6, 6.07) is 12.1. The quantitative estimate of drug-likeness (QED) is 0.586. The lowest BCUT2D eigenvalue weighted by Crippen LogP contribution is -2.41. The summed E-state index contributed by atoms with van der Waals surface area (Å²) in [6.07, 6.45) is 0.631. The van der Waals surface area contributed by atoms with Gasteiger partial charge in [0.15, 0.2) is 4.90 Å². The number of nitro groups is 1. The lowest BCUT2D eigenvalue weighted by Gasteiger charge is -2.30. The molecule has 1 aliphatic heterocycles. The summed E-state index contributed by atoms with van der Waals surface area (Å²) in [4.78, 5) is 22.6. The Bertz CT molecular complexity index is 1000. The van der Waals surface area contributed by atoms with Crippen LogP contribution in [0.25, 0.3) is 0 Å². The second-order valence-electron chi connectivity index (χ2n) is 6.37. The number of para-hydroxylation sites is 2. The van der Waals surface area contributed by atoms with Crippen LogP contribution in [-0.2, 0) is 14.8 Å². The maximum Gasteiger partial charge on any atom is 0.289 e. The first kappa shape index (κ1) is 20.2. The van der Waals surface area contributed by atoms with Crippen LogP contribution >= 0.6 is 11.6 Å². The van der Waals surface area contributed by atoms with Gasteiger partial charge in [0.1, 0.15) is 0 Å². The highest BCUT2D eigenvalue weighted by molar-refractivity contribution is 7.89. The first-order valence-electron chi connectivity index (χ1n) is 8.59. The Morgan fingerprint density at radius 2 is 1.71 bits per heavy atom. The molecule has 1 N–H and O–H groups in total. The fraction of sp³-hybridized carbons (Fsp3) is 0.278. The maximum atomic E-state index is 12.8. The third kappa shape index (κ3) is 4.16. The van der Waals surface area contributed by atoms with Crippen LogP contribution in [0, 0.1) is 16.0 Å². The first-order valence-corrected chi connectivity index (χ1v) is 10.4. The molecule has 1 amide bonds. The van der Waals surface area contributed by atoms with Crippen molar-refractivity contribution in [2.45, 2.75) is 17.7 Å². The van der Waals surface area contributed by atoms with Crippen molar-refractivity contribution in [3.63, 3.8) is 0 Å². The van der Waals surface area contributed by atoms with Crippen molar-refractivity contribution in [1.29, 1.82) is 0 Å². The fourth-order valence-corrected chi connectivity index (χ4v) is 4.93. The molecule has 0 unspecified atom stereocenters. The minimum absolute atomic E-state index is 0.106. The third-order valence-electron chi connectivity index (χ3n) is 4.64. The van der Waals surface area contributed by atoms with E-state index in [1.807, 2.05) is 0 Å². The Kier molecular flexibility index (Phi) is 5.97. The van der Waals surface area contributed by atoms with Crippen LogP contribution in [0.2, 0.25) is 5.02 Å². The van der Waals surface area contributed by atoms with E-state index in [2.05, 4.69) is 5.32 Å². The number of rotatable bonds is 5. The highest BCUT2D eigenvalue weighted by Crippen LogP contribution is 2.30. The van der Waals surface area contributed by atoms with E-state index >= 15 is 0 Å². The van der Waals surface area contributed by atoms with E-state index in [9.17, 15) is 23.3 Å². The lowest BCUT2D eigenvalue weighted by atomic mass is 9.97. The number of hydrogen-bond donors (Lipinski definition) is 1. The Morgan fingerprint density at radius 1 is 1.11 bits per heavy atom. The summed E-state index contributed by atoms with van der Waals surface area (Å²) in [6.45, 7) is 0.212. The third-order valence-corrected chi connectivity index (χ3v) is 6.91. The summed E-state index contributed by atoms with van der Waals surface area (Å²) < 4.78 is 26.8. The number of amides is 1. The van der Waals surface area contributed by atoms with Crippen molar-refractivity contribution in [2.75, 3.05) is 18.4 Å². The second-order valence-corrected chi connectivity index (χ2v) is 8.69. The first-order chi connectivity index (χ1) is 13.3. The summed E-state index contributed by atoms with van der Waals surface area (Å²) in [7, 11) is -4.01. The van der Waals surface area contributed by atoms with Crippen LogP contribution in [0.4, 0.5) is 11.4 Å². The SMILES string of the molecule is O=C(Nc1ccccc1Cl)C1CCN(S(=O)(=O)c2ccccc2[N+](=O)[O-])CC1. The molecule has 148 valence electrons. The van der Waals surface area contributed by atoms with Crippen LogP contribution in [0.15, 0.2) is 53.4 Å². The van der Waals surface area contributed by atoms with Crippen molar-refractivity contribution in [3.05, 3.63) is 63.7 Å². The monoisotopic (exact) mass is 423 g/mol. The van der Waals surface area contributed by atoms with Gasteiger partial charge in [-0.1, -0.05) is 35.9 Å². The van der Waals surface area contributed by atoms with Crippen molar-refractivity contribution in [3.8, 4) is 0 Å². The molecule has 0 saturated carbocycles. The Balaban J connectivity index is 1.69. The number of hydrogen-bond acceptors (Lipinski definition) is 5. The topological polar surface area (TPSA) is 110 Å². The minimum Gasteiger partial charge on any atom is -0.325 e. The van der Waals surface area contributed by atoms with E-state index in [1.54, 1.807) is 24.3 Å². The van der Waals surface area contributed by atoms with Gasteiger partial charge in [0.05, 0.1) is 15.6 Å². The molecule has 1 aliphatic rings. The summed E-state index contributed by atoms with van der Waals surface area (Å²) >= 11 is 6.04. The van der Waals surface area contributed by atoms with Gasteiger partial charge in [-0.3, -0.25) is 14.9 Å². The average Bonchev–Trinajstić information content (AvgIpc) is 2.69. The van der Waals surface area contributed by atoms with E-state index in [1.165, 1.54) is 22.5 Å². The number of anilines is 1. The smallest absolute Gasteiger partial charge is 0.289 e. The summed E-state index contributed by atoms with van der Waals surface area (Å²) in [5.41, 5.74) is 0.0465. The van der Waals surface area contributed by atoms with Crippen LogP contribution in [0.1, 0.15) is 12.8 Å². The number of sulfonamides is 1. The molecule has 3 rings (SSSR count). The summed E-state index contributed by atoms with van der Waals surface area (Å²) in [5.74, 6) is -0.593. The van der Waals surface area contributed by atoms with E-state index in [4.69, 9.17) is 11.6 Å². The van der Waals surface area contributed by atoms with Gasteiger partial charge < -0.3 is 5.32 Å². The average molecular weight is 424 g/mol. The Morgan fingerprint density at radius 3 is 2.36 bits per heavy atom. The molecule has 2 aromatic rings. The van der Waals surface area contributed by atoms with Crippen LogP contribution < -0.4 is 5.32 Å². The predicted molar refractivity (Wildman–Crippen MR) is 105 cm³/mol. The molecule has 8 nitrogen and oxygen atoms in total. The molecule has 1 saturated heterocycles. The molecule has 0 aliphatic carbocycles. The number of halogens is 1. The van der Waals surface area contributed by atoms with E-state index in [0.717, 1.165) is 6.07 Å². The van der Waals surface area contributed by atoms with Crippen molar-refractivity contribution < 1.29 is 18.1 Å². The van der Waals surface area contributed by atoms with Gasteiger partial charge in [0.2, 0.25) is 15.9 Å². The molecule has 28 heavy (non-hydrogen) atoms. The lowest BCUT2D eigenvalue weighted by molar-refractivity contribution is -0.387. The van der Waals surface area contributed by atoms with E-state index in [0.29, 0.717) is 23.6 Å². The van der Waals surface area contributed by atoms with Crippen molar-refractivity contribution in [2.24, 2.45) is 5.92 Å². The van der Waals surface area contributed by atoms with Crippen LogP contribution in [0.3, 0.4) is 0 Å². The van der Waals surface area contributed by atoms with Gasteiger partial charge in [-0.05, 0) is 31.0 Å². The van der Waals surface area contributed by atoms with Crippen LogP contribution in [-0.4, -0.2) is 36.6 Å². The summed E-state index contributed by atoms with van der Waals surface area (Å²) in [5, 5.41) is 14.3. The predicted octanol–water partition coefficient (Wildman–Crippen LogP) is 3.29. The minimum atomic E-state index is -4.01. The van der Waals surface area contributed by atoms with Gasteiger partial charge in [0, 0.05) is 25.1 Å². The van der Waals surface area contributed by atoms with Gasteiger partial charge >= 0.3 is 0 Å². The van der Waals surface area contributed by atoms with Gasteiger partial charge in [0.25, 0.3) is 5.69 Å². The zero-order chi connectivity index (χ0) is 20.3. The number of carbonyl (C=O) groups is 1. The zero-order valence-corrected chi connectivity index (χ0v) is 16.3. The molecule has 0 bridgehead atoms. The molecule has 10 heteroatoms. The number of piperidine rings is 1. The number of carbonyl (C=O) groups excluding carboxylic acids is 1. The molecule has 2 aromatic carbocycles. The molecule has 1 fully saturated rings. The molecular weight excluding hydrogens is 406 g/mol. The highest BCUT2D eigenvalue weighted by atomic mass is 35.5. The number of nitro benzene ring substituents is 1. The maximum absolute atomic E-state index is 12.8. The fourth-order valence-electron chi connectivity index (χ4n) is 3.12. The normalized spacial score (nSPS) is 15.9.